The summed E-state index contributed by atoms with van der Waals surface area (Å²) in [7, 11) is 0. The van der Waals surface area contributed by atoms with Crippen LogP contribution in [0.25, 0.3) is 0 Å². The number of aliphatic carboxylic acids is 1. The first-order valence-corrected chi connectivity index (χ1v) is 6.75. The van der Waals surface area contributed by atoms with Crippen LogP contribution in [0.15, 0.2) is 29.2 Å². The number of hydrogen-bond acceptors (Lipinski definition) is 3. The maximum absolute atomic E-state index is 11.7. The molecular formula is C12H14N2O3S. The number of carboxylic acids is 1. The van der Waals surface area contributed by atoms with Crippen LogP contribution >= 0.6 is 11.8 Å². The van der Waals surface area contributed by atoms with Crippen molar-refractivity contribution in [2.24, 2.45) is 0 Å². The summed E-state index contributed by atoms with van der Waals surface area (Å²) in [5.74, 6) is -0.976. The van der Waals surface area contributed by atoms with Gasteiger partial charge in [-0.05, 0) is 31.2 Å². The Morgan fingerprint density at radius 3 is 2.56 bits per heavy atom. The van der Waals surface area contributed by atoms with E-state index in [1.807, 2.05) is 24.5 Å². The summed E-state index contributed by atoms with van der Waals surface area (Å²) in [4.78, 5) is 23.6. The molecule has 6 heteroatoms. The van der Waals surface area contributed by atoms with Crippen LogP contribution in [-0.2, 0) is 4.79 Å². The van der Waals surface area contributed by atoms with E-state index in [2.05, 4.69) is 10.6 Å². The van der Waals surface area contributed by atoms with Gasteiger partial charge in [-0.1, -0.05) is 12.1 Å². The maximum Gasteiger partial charge on any atom is 0.329 e. The zero-order valence-corrected chi connectivity index (χ0v) is 10.7. The topological polar surface area (TPSA) is 78.4 Å². The predicted octanol–water partition coefficient (Wildman–Crippen LogP) is 2.15. The SMILES string of the molecule is CSc1ccccc1NC(=O)NC1(C(=O)O)CC1. The molecule has 18 heavy (non-hydrogen) atoms. The summed E-state index contributed by atoms with van der Waals surface area (Å²) < 4.78 is 0. The van der Waals surface area contributed by atoms with Gasteiger partial charge < -0.3 is 15.7 Å². The number of nitrogens with one attached hydrogen (secondary N) is 2. The molecule has 2 amide bonds. The molecule has 0 aromatic heterocycles. The molecule has 3 N–H and O–H groups in total. The molecule has 0 bridgehead atoms. The van der Waals surface area contributed by atoms with Gasteiger partial charge in [-0.3, -0.25) is 0 Å². The molecule has 1 aromatic carbocycles. The van der Waals surface area contributed by atoms with Gasteiger partial charge in [0.2, 0.25) is 0 Å². The van der Waals surface area contributed by atoms with Crippen molar-refractivity contribution in [3.05, 3.63) is 24.3 Å². The highest BCUT2D eigenvalue weighted by atomic mass is 32.2. The van der Waals surface area contributed by atoms with Gasteiger partial charge in [-0.15, -0.1) is 11.8 Å². The second kappa shape index (κ2) is 4.89. The monoisotopic (exact) mass is 266 g/mol. The zero-order valence-electron chi connectivity index (χ0n) is 9.90. The number of thioether (sulfide) groups is 1. The van der Waals surface area contributed by atoms with E-state index in [0.717, 1.165) is 4.90 Å². The summed E-state index contributed by atoms with van der Waals surface area (Å²) in [5.41, 5.74) is -0.373. The Bertz CT molecular complexity index is 486. The van der Waals surface area contributed by atoms with E-state index >= 15 is 0 Å². The second-order valence-corrected chi connectivity index (χ2v) is 5.01. The Labute approximate surface area is 109 Å². The van der Waals surface area contributed by atoms with Gasteiger partial charge in [0.1, 0.15) is 5.54 Å². The fraction of sp³-hybridized carbons (Fsp3) is 0.333. The van der Waals surface area contributed by atoms with Crippen molar-refractivity contribution in [2.45, 2.75) is 23.3 Å². The molecule has 5 nitrogen and oxygen atoms in total. The lowest BCUT2D eigenvalue weighted by molar-refractivity contribution is -0.140. The number of carbonyl (C=O) groups is 2. The Morgan fingerprint density at radius 1 is 1.33 bits per heavy atom. The van der Waals surface area contributed by atoms with Gasteiger partial charge in [0.15, 0.2) is 0 Å². The molecule has 96 valence electrons. The van der Waals surface area contributed by atoms with Crippen LogP contribution < -0.4 is 10.6 Å². The number of para-hydroxylation sites is 1. The molecule has 0 unspecified atom stereocenters. The van der Waals surface area contributed by atoms with Crippen molar-refractivity contribution in [1.29, 1.82) is 0 Å². The first-order valence-electron chi connectivity index (χ1n) is 5.53. The Morgan fingerprint density at radius 2 is 2.00 bits per heavy atom. The van der Waals surface area contributed by atoms with Gasteiger partial charge >= 0.3 is 12.0 Å². The van der Waals surface area contributed by atoms with E-state index in [1.54, 1.807) is 6.07 Å². The molecule has 1 saturated carbocycles. The van der Waals surface area contributed by atoms with Crippen molar-refractivity contribution in [2.75, 3.05) is 11.6 Å². The molecule has 0 spiro atoms. The van der Waals surface area contributed by atoms with Crippen molar-refractivity contribution in [3.63, 3.8) is 0 Å². The largest absolute Gasteiger partial charge is 0.480 e. The lowest BCUT2D eigenvalue weighted by Crippen LogP contribution is -2.45. The van der Waals surface area contributed by atoms with Crippen LogP contribution in [0.2, 0.25) is 0 Å². The van der Waals surface area contributed by atoms with E-state index in [-0.39, 0.29) is 0 Å². The van der Waals surface area contributed by atoms with Crippen LogP contribution in [-0.4, -0.2) is 28.9 Å². The second-order valence-electron chi connectivity index (χ2n) is 4.17. The lowest BCUT2D eigenvalue weighted by Gasteiger charge is -2.14. The fourth-order valence-corrected chi connectivity index (χ4v) is 2.19. The Hall–Kier alpha value is -1.69. The van der Waals surface area contributed by atoms with Gasteiger partial charge in [-0.25, -0.2) is 9.59 Å². The third kappa shape index (κ3) is 2.59. The first kappa shape index (κ1) is 12.8. The normalized spacial score (nSPS) is 15.8. The van der Waals surface area contributed by atoms with Crippen LogP contribution in [0.4, 0.5) is 10.5 Å². The van der Waals surface area contributed by atoms with E-state index in [4.69, 9.17) is 5.11 Å². The third-order valence-corrected chi connectivity index (χ3v) is 3.66. The number of amides is 2. The number of urea groups is 1. The molecule has 1 fully saturated rings. The quantitative estimate of drug-likeness (QED) is 0.730. The minimum Gasteiger partial charge on any atom is -0.480 e. The zero-order chi connectivity index (χ0) is 13.2. The highest BCUT2D eigenvalue weighted by Crippen LogP contribution is 2.35. The lowest BCUT2D eigenvalue weighted by atomic mass is 10.3. The van der Waals surface area contributed by atoms with Gasteiger partial charge in [0.05, 0.1) is 5.69 Å². The molecule has 0 heterocycles. The number of anilines is 1. The first-order chi connectivity index (χ1) is 8.57. The molecule has 0 atom stereocenters. The highest BCUT2D eigenvalue weighted by molar-refractivity contribution is 7.98. The van der Waals surface area contributed by atoms with E-state index < -0.39 is 17.5 Å². The van der Waals surface area contributed by atoms with E-state index in [0.29, 0.717) is 18.5 Å². The van der Waals surface area contributed by atoms with Gasteiger partial charge in [0, 0.05) is 4.90 Å². The summed E-state index contributed by atoms with van der Waals surface area (Å²) in [6, 6.07) is 6.90. The summed E-state index contributed by atoms with van der Waals surface area (Å²) in [6.45, 7) is 0. The molecule has 1 aliphatic carbocycles. The Kier molecular flexibility index (Phi) is 3.47. The number of carboxylic acid groups (broad SMARTS) is 1. The number of benzene rings is 1. The summed E-state index contributed by atoms with van der Waals surface area (Å²) in [6.07, 6.45) is 2.89. The van der Waals surface area contributed by atoms with Crippen molar-refractivity contribution < 1.29 is 14.7 Å². The van der Waals surface area contributed by atoms with Crippen molar-refractivity contribution in [1.82, 2.24) is 5.32 Å². The average molecular weight is 266 g/mol. The van der Waals surface area contributed by atoms with Crippen LogP contribution in [0.5, 0.6) is 0 Å². The van der Waals surface area contributed by atoms with Crippen LogP contribution in [0.1, 0.15) is 12.8 Å². The molecule has 0 aliphatic heterocycles. The molecule has 1 aromatic rings. The molecule has 0 saturated heterocycles. The van der Waals surface area contributed by atoms with E-state index in [9.17, 15) is 9.59 Å². The summed E-state index contributed by atoms with van der Waals surface area (Å²) in [5, 5.41) is 14.2. The van der Waals surface area contributed by atoms with Gasteiger partial charge in [-0.2, -0.15) is 0 Å². The number of hydrogen-bond donors (Lipinski definition) is 3. The van der Waals surface area contributed by atoms with E-state index in [1.165, 1.54) is 11.8 Å². The Balaban J connectivity index is 2.01. The molecule has 0 radical (unpaired) electrons. The molecule has 1 aliphatic rings. The maximum atomic E-state index is 11.7. The summed E-state index contributed by atoms with van der Waals surface area (Å²) >= 11 is 1.52. The molecule has 2 rings (SSSR count). The van der Waals surface area contributed by atoms with Crippen molar-refractivity contribution in [3.8, 4) is 0 Å². The average Bonchev–Trinajstić information content (AvgIpc) is 3.10. The van der Waals surface area contributed by atoms with Crippen LogP contribution in [0, 0.1) is 0 Å². The minimum absolute atomic E-state index is 0.476. The predicted molar refractivity (Wildman–Crippen MR) is 70.0 cm³/mol. The van der Waals surface area contributed by atoms with Crippen LogP contribution in [0.3, 0.4) is 0 Å². The number of rotatable bonds is 4. The fourth-order valence-electron chi connectivity index (χ4n) is 1.64. The number of carbonyl (C=O) groups excluding carboxylic acids is 1. The standard InChI is InChI=1S/C12H14N2O3S/c1-18-9-5-3-2-4-8(9)13-11(17)14-12(6-7-12)10(15)16/h2-5H,6-7H2,1H3,(H,15,16)(H2,13,14,17). The smallest absolute Gasteiger partial charge is 0.329 e. The van der Waals surface area contributed by atoms with Gasteiger partial charge in [0.25, 0.3) is 0 Å². The molecular weight excluding hydrogens is 252 g/mol. The minimum atomic E-state index is -1.06. The third-order valence-electron chi connectivity index (χ3n) is 2.87. The van der Waals surface area contributed by atoms with Crippen molar-refractivity contribution >= 4 is 29.4 Å². The highest BCUT2D eigenvalue weighted by Gasteiger charge is 2.51.